The minimum atomic E-state index is 0. The second-order valence-corrected chi connectivity index (χ2v) is 24.3. The van der Waals surface area contributed by atoms with Gasteiger partial charge in [0.05, 0.1) is 0 Å². The third kappa shape index (κ3) is 36.8. The average Bonchev–Trinajstić information content (AvgIpc) is 3.73. The van der Waals surface area contributed by atoms with E-state index in [4.69, 9.17) is 50.5 Å². The molecule has 0 aromatic carbocycles. The molecule has 7 unspecified atom stereocenters. The normalized spacial score (nSPS) is 26.2. The molecule has 8 rings (SSSR count). The van der Waals surface area contributed by atoms with Crippen LogP contribution in [0.25, 0.3) is 42.5 Å². The van der Waals surface area contributed by atoms with Gasteiger partial charge in [0.1, 0.15) is 0 Å². The Hall–Kier alpha value is -2.39. The summed E-state index contributed by atoms with van der Waals surface area (Å²) in [6.07, 6.45) is 30.0. The van der Waals surface area contributed by atoms with Crippen LogP contribution in [0.1, 0.15) is 190 Å². The number of nitrogens with zero attached hydrogens (tertiary/aromatic N) is 20. The Balaban J connectivity index is 0.000000605. The van der Waals surface area contributed by atoms with E-state index in [-0.39, 0.29) is 141 Å². The molecular formula is C60H96N24S4Zn4-12. The standard InChI is InChI=1S/3C15H26N6S.C15H22N6S.4Zn/c4*1-11(13-7-3-5-9-16-13)18-20-15(22)21-19-12(2)14-8-4-6-10-17-14;;;;/h3*13-14H,3-10H2,1-2H3,(H2,20,21,22);3,5,7,14H,4,6,8-10H2,1-2H3,(H2,20,21,22);;;;/q4*-2;;;;/p-4. The number of allylic oxidation sites excluding steroid dienone is 3. The van der Waals surface area contributed by atoms with Crippen molar-refractivity contribution in [1.29, 1.82) is 0 Å². The van der Waals surface area contributed by atoms with Crippen molar-refractivity contribution in [1.82, 2.24) is 21.7 Å². The zero-order valence-electron chi connectivity index (χ0n) is 56.2. The molecule has 0 bridgehead atoms. The van der Waals surface area contributed by atoms with E-state index in [9.17, 15) is 0 Å². The largest absolute Gasteiger partial charge is 0.739 e. The van der Waals surface area contributed by atoms with Gasteiger partial charge in [-0.05, 0) is 55.4 Å². The Morgan fingerprint density at radius 2 is 0.554 bits per heavy atom. The summed E-state index contributed by atoms with van der Waals surface area (Å²) in [6.45, 7) is 22.8. The molecule has 0 radical (unpaired) electrons. The molecule has 8 heterocycles. The maximum absolute atomic E-state index is 5.14. The monoisotopic (exact) mass is 1540 g/mol. The van der Waals surface area contributed by atoms with E-state index in [1.165, 1.54) is 89.9 Å². The topological polar surface area (TPSA) is 309 Å². The minimum absolute atomic E-state index is 0. The summed E-state index contributed by atoms with van der Waals surface area (Å²) in [6, 6.07) is 1.46. The van der Waals surface area contributed by atoms with Gasteiger partial charge in [-0.15, -0.1) is 64.1 Å². The van der Waals surface area contributed by atoms with Crippen molar-refractivity contribution in [3.63, 3.8) is 0 Å². The Morgan fingerprint density at radius 3 is 0.761 bits per heavy atom. The van der Waals surface area contributed by atoms with Gasteiger partial charge in [0.25, 0.3) is 0 Å². The molecule has 0 aliphatic carbocycles. The zero-order valence-corrected chi connectivity index (χ0v) is 71.3. The van der Waals surface area contributed by atoms with Gasteiger partial charge < -0.3 is 93.0 Å². The predicted molar refractivity (Wildman–Crippen MR) is 383 cm³/mol. The molecule has 7 saturated heterocycles. The number of piperidine rings is 7. The minimum Gasteiger partial charge on any atom is -0.739 e. The van der Waals surface area contributed by atoms with Gasteiger partial charge in [-0.3, -0.25) is 21.7 Å². The van der Waals surface area contributed by atoms with Crippen LogP contribution in [-0.4, -0.2) is 161 Å². The van der Waals surface area contributed by atoms with Crippen molar-refractivity contribution in [2.24, 2.45) is 61.2 Å². The van der Waals surface area contributed by atoms with Crippen LogP contribution < -0.4 is 21.7 Å². The van der Waals surface area contributed by atoms with Crippen LogP contribution >= 0.6 is 0 Å². The number of hydrazone groups is 4. The predicted octanol–water partition coefficient (Wildman–Crippen LogP) is 12.2. The number of rotatable bonds is 16. The molecule has 24 nitrogen and oxygen atoms in total. The van der Waals surface area contributed by atoms with Crippen LogP contribution in [0.4, 0.5) is 0 Å². The van der Waals surface area contributed by atoms with Gasteiger partial charge in [0, 0.05) is 144 Å². The molecule has 0 aromatic rings. The summed E-state index contributed by atoms with van der Waals surface area (Å²) in [4.78, 5) is 0. The summed E-state index contributed by atoms with van der Waals surface area (Å²) in [5.41, 5.74) is 19.3. The zero-order chi connectivity index (χ0) is 63.1. The van der Waals surface area contributed by atoms with Gasteiger partial charge in [0.15, 0.2) is 0 Å². The van der Waals surface area contributed by atoms with Crippen LogP contribution in [0.15, 0.2) is 85.1 Å². The van der Waals surface area contributed by atoms with Crippen LogP contribution in [-0.2, 0) is 128 Å². The molecule has 8 aliphatic heterocycles. The first-order valence-electron chi connectivity index (χ1n) is 31.7. The quantitative estimate of drug-likeness (QED) is 0.0377. The number of amidine groups is 4. The fraction of sp³-hybridized carbons (Fsp3) is 0.733. The smallest absolute Gasteiger partial charge is 0.0451 e. The van der Waals surface area contributed by atoms with Crippen molar-refractivity contribution >= 4 is 117 Å². The summed E-state index contributed by atoms with van der Waals surface area (Å²) < 4.78 is 0. The van der Waals surface area contributed by atoms with E-state index in [0.717, 1.165) is 142 Å². The second-order valence-electron chi connectivity index (χ2n) is 22.7. The molecule has 0 amide bonds. The van der Waals surface area contributed by atoms with E-state index in [1.807, 2.05) is 73.6 Å². The first-order chi connectivity index (χ1) is 42.7. The molecule has 7 fully saturated rings. The van der Waals surface area contributed by atoms with Crippen LogP contribution in [0.2, 0.25) is 0 Å². The molecule has 7 atom stereocenters. The first kappa shape index (κ1) is 87.6. The third-order valence-corrected chi connectivity index (χ3v) is 16.3. The van der Waals surface area contributed by atoms with E-state index < -0.39 is 0 Å². The van der Waals surface area contributed by atoms with E-state index in [2.05, 4.69) is 125 Å². The fourth-order valence-corrected chi connectivity index (χ4v) is 10.6. The van der Waals surface area contributed by atoms with Crippen molar-refractivity contribution < 1.29 is 77.9 Å². The van der Waals surface area contributed by atoms with E-state index >= 15 is 0 Å². The maximum atomic E-state index is 5.14. The van der Waals surface area contributed by atoms with Gasteiger partial charge in [-0.1, -0.05) is 189 Å². The molecule has 92 heavy (non-hydrogen) atoms. The molecule has 500 valence electrons. The molecular weight excluding hydrogens is 1450 g/mol. The fourth-order valence-electron chi connectivity index (χ4n) is 10.2. The van der Waals surface area contributed by atoms with E-state index in [1.54, 1.807) is 0 Å². The van der Waals surface area contributed by atoms with Gasteiger partial charge >= 0.3 is 0 Å². The molecule has 8 aliphatic rings. The van der Waals surface area contributed by atoms with Crippen LogP contribution in [0, 0.1) is 0 Å². The number of nitrogens with one attached hydrogen (secondary N) is 4. The van der Waals surface area contributed by atoms with Crippen LogP contribution in [0.3, 0.4) is 0 Å². The Morgan fingerprint density at radius 1 is 0.326 bits per heavy atom. The summed E-state index contributed by atoms with van der Waals surface area (Å²) in [5, 5.41) is 87.1. The van der Waals surface area contributed by atoms with Gasteiger partial charge in [0.2, 0.25) is 0 Å². The van der Waals surface area contributed by atoms with Crippen LogP contribution in [0.5, 0.6) is 0 Å². The van der Waals surface area contributed by atoms with E-state index in [0.29, 0.717) is 6.54 Å². The summed E-state index contributed by atoms with van der Waals surface area (Å²) >= 11 is 20.5. The maximum Gasteiger partial charge on any atom is 0.0451 e. The Labute approximate surface area is 623 Å². The molecule has 0 spiro atoms. The Kier molecular flexibility index (Phi) is 50.2. The molecule has 0 aromatic heterocycles. The second kappa shape index (κ2) is 52.7. The summed E-state index contributed by atoms with van der Waals surface area (Å²) in [7, 11) is 0. The van der Waals surface area contributed by atoms with Crippen molar-refractivity contribution in [3.8, 4) is 0 Å². The first-order valence-corrected chi connectivity index (χ1v) is 33.4. The van der Waals surface area contributed by atoms with Gasteiger partial charge in [-0.25, -0.2) is 0 Å². The van der Waals surface area contributed by atoms with Gasteiger partial charge in [-0.2, -0.15) is 61.2 Å². The third-order valence-electron chi connectivity index (χ3n) is 15.6. The number of hydrogen-bond acceptors (Lipinski definition) is 16. The Bertz CT molecular complexity index is 2340. The number of hydrogen-bond donors (Lipinski definition) is 4. The average molecular weight is 1540 g/mol. The van der Waals surface area contributed by atoms with Crippen molar-refractivity contribution in [3.05, 3.63) is 66.5 Å². The molecule has 0 saturated carbocycles. The molecule has 4 N–H and O–H groups in total. The molecule has 32 heteroatoms. The van der Waals surface area contributed by atoms with Crippen molar-refractivity contribution in [2.45, 2.75) is 233 Å². The van der Waals surface area contributed by atoms with Crippen molar-refractivity contribution in [2.75, 3.05) is 52.4 Å². The SMILES string of the molecule is CC(=N/N=C(\[S-])NN=C(C)C1CCCC[N-]1)C1=CC=CC[N-]1.CC(=NN=C([S-])NN=C(C)C1CCCC[N-]1)C1CCCC[N-]1.CC(=NN=C([S-])NN=C(C)C1CCCC[N-]1)C1CCCC[N-]1.CC(=NN=C([S-])NN=C(C)C1CCCC[N-]1)C1CCCC[N-]1.[Zn].[Zn].[Zn].[Zn]. The summed E-state index contributed by atoms with van der Waals surface area (Å²) in [5.74, 6) is 0.